The summed E-state index contributed by atoms with van der Waals surface area (Å²) in [5.41, 5.74) is 0. The number of nitrogens with one attached hydrogen (secondary N) is 1. The third kappa shape index (κ3) is 2.36. The van der Waals surface area contributed by atoms with E-state index in [0.717, 1.165) is 25.0 Å². The van der Waals surface area contributed by atoms with Gasteiger partial charge in [0.05, 0.1) is 6.54 Å². The van der Waals surface area contributed by atoms with E-state index in [1.807, 2.05) is 0 Å². The van der Waals surface area contributed by atoms with Gasteiger partial charge in [0.25, 0.3) is 0 Å². The van der Waals surface area contributed by atoms with Gasteiger partial charge in [-0.05, 0) is 19.3 Å². The molecule has 2 rings (SSSR count). The Kier molecular flexibility index (Phi) is 2.42. The zero-order valence-electron chi connectivity index (χ0n) is 8.58. The van der Waals surface area contributed by atoms with Crippen LogP contribution in [0.25, 0.3) is 0 Å². The molecule has 0 aromatic rings. The highest BCUT2D eigenvalue weighted by Gasteiger charge is 2.24. The van der Waals surface area contributed by atoms with Gasteiger partial charge in [-0.15, -0.1) is 0 Å². The highest BCUT2D eigenvalue weighted by molar-refractivity contribution is 5.81. The molecule has 3 nitrogen and oxygen atoms in total. The van der Waals surface area contributed by atoms with E-state index in [4.69, 9.17) is 0 Å². The summed E-state index contributed by atoms with van der Waals surface area (Å²) in [6.07, 6.45) is 4.19. The minimum absolute atomic E-state index is 0.590. The standard InChI is InChI=1S/C10H19N3/c1-8(7-9-3-4-9)12-10-11-5-6-13(10)2/h8-9H,3-7H2,1-2H3,(H,11,12). The Morgan fingerprint density at radius 1 is 1.62 bits per heavy atom. The minimum atomic E-state index is 0.590. The van der Waals surface area contributed by atoms with E-state index >= 15 is 0 Å². The predicted octanol–water partition coefficient (Wildman–Crippen LogP) is 1.07. The summed E-state index contributed by atoms with van der Waals surface area (Å²) in [7, 11) is 2.10. The highest BCUT2D eigenvalue weighted by Crippen LogP contribution is 2.33. The van der Waals surface area contributed by atoms with Crippen molar-refractivity contribution in [3.63, 3.8) is 0 Å². The number of likely N-dealkylation sites (N-methyl/N-ethyl adjacent to an activating group) is 1. The zero-order valence-corrected chi connectivity index (χ0v) is 8.58. The molecule has 1 saturated carbocycles. The molecule has 3 heteroatoms. The van der Waals surface area contributed by atoms with E-state index in [9.17, 15) is 0 Å². The number of nitrogens with zero attached hydrogens (tertiary/aromatic N) is 2. The fraction of sp³-hybridized carbons (Fsp3) is 0.900. The van der Waals surface area contributed by atoms with Crippen molar-refractivity contribution >= 4 is 5.96 Å². The third-order valence-corrected chi connectivity index (χ3v) is 2.82. The molecule has 1 N–H and O–H groups in total. The summed E-state index contributed by atoms with van der Waals surface area (Å²) in [5, 5.41) is 3.48. The monoisotopic (exact) mass is 181 g/mol. The van der Waals surface area contributed by atoms with E-state index in [1.54, 1.807) is 0 Å². The first-order valence-electron chi connectivity index (χ1n) is 5.28. The van der Waals surface area contributed by atoms with Gasteiger partial charge in [-0.2, -0.15) is 0 Å². The van der Waals surface area contributed by atoms with Crippen LogP contribution in [0.5, 0.6) is 0 Å². The molecule has 0 bridgehead atoms. The summed E-state index contributed by atoms with van der Waals surface area (Å²) in [5.74, 6) is 2.09. The van der Waals surface area contributed by atoms with E-state index in [0.29, 0.717) is 6.04 Å². The second-order valence-electron chi connectivity index (χ2n) is 4.35. The molecule has 1 heterocycles. The Bertz CT molecular complexity index is 208. The molecule has 1 atom stereocenters. The molecular formula is C10H19N3. The molecular weight excluding hydrogens is 162 g/mol. The maximum Gasteiger partial charge on any atom is 0.193 e. The van der Waals surface area contributed by atoms with Crippen LogP contribution >= 0.6 is 0 Å². The largest absolute Gasteiger partial charge is 0.354 e. The normalized spacial score (nSPS) is 24.5. The Morgan fingerprint density at radius 2 is 2.38 bits per heavy atom. The second kappa shape index (κ2) is 3.56. The lowest BCUT2D eigenvalue weighted by Crippen LogP contribution is -2.40. The Hall–Kier alpha value is -0.730. The van der Waals surface area contributed by atoms with Crippen LogP contribution in [0.15, 0.2) is 4.99 Å². The lowest BCUT2D eigenvalue weighted by Gasteiger charge is -2.20. The van der Waals surface area contributed by atoms with Crippen molar-refractivity contribution in [3.05, 3.63) is 0 Å². The van der Waals surface area contributed by atoms with Crippen LogP contribution in [0, 0.1) is 5.92 Å². The van der Waals surface area contributed by atoms with Crippen LogP contribution < -0.4 is 5.32 Å². The van der Waals surface area contributed by atoms with Crippen LogP contribution in [0.2, 0.25) is 0 Å². The molecule has 1 fully saturated rings. The van der Waals surface area contributed by atoms with Gasteiger partial charge in [0.2, 0.25) is 0 Å². The molecule has 74 valence electrons. The third-order valence-electron chi connectivity index (χ3n) is 2.82. The summed E-state index contributed by atoms with van der Waals surface area (Å²) in [4.78, 5) is 6.61. The van der Waals surface area contributed by atoms with Crippen molar-refractivity contribution in [1.29, 1.82) is 0 Å². The van der Waals surface area contributed by atoms with Gasteiger partial charge >= 0.3 is 0 Å². The van der Waals surface area contributed by atoms with Crippen molar-refractivity contribution in [1.82, 2.24) is 10.2 Å². The van der Waals surface area contributed by atoms with Crippen molar-refractivity contribution in [2.24, 2.45) is 10.9 Å². The van der Waals surface area contributed by atoms with Gasteiger partial charge in [-0.3, -0.25) is 4.99 Å². The Morgan fingerprint density at radius 3 is 2.92 bits per heavy atom. The second-order valence-corrected chi connectivity index (χ2v) is 4.35. The van der Waals surface area contributed by atoms with Gasteiger partial charge in [-0.25, -0.2) is 0 Å². The smallest absolute Gasteiger partial charge is 0.193 e. The average Bonchev–Trinajstić information content (AvgIpc) is 2.79. The SMILES string of the molecule is CC(CC1CC1)NC1=NCCN1C. The molecule has 13 heavy (non-hydrogen) atoms. The van der Waals surface area contributed by atoms with Gasteiger partial charge in [0.15, 0.2) is 5.96 Å². The lowest BCUT2D eigenvalue weighted by atomic mass is 10.2. The van der Waals surface area contributed by atoms with Crippen molar-refractivity contribution in [2.45, 2.75) is 32.2 Å². The Labute approximate surface area is 80.2 Å². The summed E-state index contributed by atoms with van der Waals surface area (Å²) < 4.78 is 0. The molecule has 0 aromatic heterocycles. The maximum atomic E-state index is 4.42. The fourth-order valence-corrected chi connectivity index (χ4v) is 1.82. The van der Waals surface area contributed by atoms with Crippen LogP contribution in [0.4, 0.5) is 0 Å². The molecule has 0 amide bonds. The van der Waals surface area contributed by atoms with Gasteiger partial charge in [0, 0.05) is 19.6 Å². The first kappa shape index (κ1) is 8.85. The lowest BCUT2D eigenvalue weighted by molar-refractivity contribution is 0.495. The molecule has 0 aromatic carbocycles. The summed E-state index contributed by atoms with van der Waals surface area (Å²) >= 11 is 0. The van der Waals surface area contributed by atoms with E-state index in [-0.39, 0.29) is 0 Å². The minimum Gasteiger partial charge on any atom is -0.354 e. The quantitative estimate of drug-likeness (QED) is 0.705. The molecule has 0 radical (unpaired) electrons. The van der Waals surface area contributed by atoms with Crippen LogP contribution in [-0.4, -0.2) is 37.0 Å². The van der Waals surface area contributed by atoms with Gasteiger partial charge < -0.3 is 10.2 Å². The maximum absolute atomic E-state index is 4.42. The molecule has 0 saturated heterocycles. The van der Waals surface area contributed by atoms with Crippen molar-refractivity contribution in [2.75, 3.05) is 20.1 Å². The molecule has 0 spiro atoms. The first-order chi connectivity index (χ1) is 6.25. The predicted molar refractivity (Wildman–Crippen MR) is 54.9 cm³/mol. The molecule has 1 unspecified atom stereocenters. The number of hydrogen-bond acceptors (Lipinski definition) is 3. The number of aliphatic imine (C=N–C) groups is 1. The fourth-order valence-electron chi connectivity index (χ4n) is 1.82. The van der Waals surface area contributed by atoms with Gasteiger partial charge in [0.1, 0.15) is 0 Å². The van der Waals surface area contributed by atoms with Gasteiger partial charge in [-0.1, -0.05) is 12.8 Å². The molecule has 2 aliphatic rings. The van der Waals surface area contributed by atoms with Crippen LogP contribution in [0.1, 0.15) is 26.2 Å². The van der Waals surface area contributed by atoms with Crippen LogP contribution in [0.3, 0.4) is 0 Å². The first-order valence-corrected chi connectivity index (χ1v) is 5.28. The number of rotatable bonds is 3. The van der Waals surface area contributed by atoms with Crippen LogP contribution in [-0.2, 0) is 0 Å². The Balaban J connectivity index is 1.75. The topological polar surface area (TPSA) is 27.6 Å². The van der Waals surface area contributed by atoms with Crippen molar-refractivity contribution in [3.8, 4) is 0 Å². The zero-order chi connectivity index (χ0) is 9.26. The van der Waals surface area contributed by atoms with E-state index in [1.165, 1.54) is 19.3 Å². The molecule has 1 aliphatic heterocycles. The van der Waals surface area contributed by atoms with E-state index in [2.05, 4.69) is 29.2 Å². The van der Waals surface area contributed by atoms with E-state index < -0.39 is 0 Å². The number of hydrogen-bond donors (Lipinski definition) is 1. The summed E-state index contributed by atoms with van der Waals surface area (Å²) in [6, 6.07) is 0.590. The average molecular weight is 181 g/mol. The number of guanidine groups is 1. The highest BCUT2D eigenvalue weighted by atomic mass is 15.3. The summed E-state index contributed by atoms with van der Waals surface area (Å²) in [6.45, 7) is 4.28. The van der Waals surface area contributed by atoms with Crippen molar-refractivity contribution < 1.29 is 0 Å². The molecule has 1 aliphatic carbocycles.